The summed E-state index contributed by atoms with van der Waals surface area (Å²) in [7, 11) is 0. The van der Waals surface area contributed by atoms with Crippen molar-refractivity contribution in [2.24, 2.45) is 0 Å². The monoisotopic (exact) mass is 340 g/mol. The first-order valence-electron chi connectivity index (χ1n) is 9.03. The van der Waals surface area contributed by atoms with E-state index in [-0.39, 0.29) is 11.9 Å². The number of carbonyl (C=O) groups is 1. The minimum atomic E-state index is -0.873. The maximum absolute atomic E-state index is 13.1. The second-order valence-corrected chi connectivity index (χ2v) is 7.67. The van der Waals surface area contributed by atoms with Crippen LogP contribution in [0, 0.1) is 13.8 Å². The van der Waals surface area contributed by atoms with Crippen LogP contribution in [-0.2, 0) is 6.54 Å². The van der Waals surface area contributed by atoms with E-state index in [1.54, 1.807) is 13.8 Å². The second kappa shape index (κ2) is 6.68. The third-order valence-corrected chi connectivity index (χ3v) is 5.32. The maximum Gasteiger partial charge on any atom is 0.256 e. The lowest BCUT2D eigenvalue weighted by Gasteiger charge is -2.33. The van der Waals surface area contributed by atoms with Crippen molar-refractivity contribution >= 4 is 5.91 Å². The highest BCUT2D eigenvalue weighted by Crippen LogP contribution is 2.29. The molecule has 1 aliphatic heterocycles. The molecule has 1 amide bonds. The van der Waals surface area contributed by atoms with Crippen LogP contribution in [0.4, 0.5) is 0 Å². The van der Waals surface area contributed by atoms with Crippen molar-refractivity contribution in [2.45, 2.75) is 58.7 Å². The van der Waals surface area contributed by atoms with Gasteiger partial charge in [-0.2, -0.15) is 0 Å². The van der Waals surface area contributed by atoms with E-state index < -0.39 is 5.60 Å². The number of carbonyl (C=O) groups excluding carboxylic acids is 1. The lowest BCUT2D eigenvalue weighted by atomic mass is 9.96. The molecule has 0 spiro atoms. The number of aromatic nitrogens is 1. The Hall–Kier alpha value is -2.07. The highest BCUT2D eigenvalue weighted by molar-refractivity contribution is 5.96. The van der Waals surface area contributed by atoms with Gasteiger partial charge in [-0.3, -0.25) is 4.79 Å². The molecule has 2 aromatic rings. The molecule has 0 bridgehead atoms. The van der Waals surface area contributed by atoms with E-state index in [4.69, 9.17) is 0 Å². The summed E-state index contributed by atoms with van der Waals surface area (Å²) in [5.74, 6) is 0.0389. The number of aliphatic hydroxyl groups is 1. The lowest BCUT2D eigenvalue weighted by molar-refractivity contribution is 0.000301. The van der Waals surface area contributed by atoms with Crippen LogP contribution < -0.4 is 0 Å². The van der Waals surface area contributed by atoms with Crippen molar-refractivity contribution in [3.63, 3.8) is 0 Å². The molecule has 1 saturated heterocycles. The Labute approximate surface area is 150 Å². The van der Waals surface area contributed by atoms with Crippen LogP contribution in [0.15, 0.2) is 36.4 Å². The zero-order valence-electron chi connectivity index (χ0n) is 15.6. The van der Waals surface area contributed by atoms with Crippen LogP contribution in [0.25, 0.3) is 0 Å². The van der Waals surface area contributed by atoms with Gasteiger partial charge in [0.05, 0.1) is 17.2 Å². The van der Waals surface area contributed by atoms with Crippen LogP contribution in [0.3, 0.4) is 0 Å². The third kappa shape index (κ3) is 3.49. The number of nitrogens with zero attached hydrogens (tertiary/aromatic N) is 2. The summed E-state index contributed by atoms with van der Waals surface area (Å²) in [6, 6.07) is 12.2. The fourth-order valence-electron chi connectivity index (χ4n) is 3.93. The number of likely N-dealkylation sites (tertiary alicyclic amines) is 1. The summed E-state index contributed by atoms with van der Waals surface area (Å²) in [6.07, 6.45) is 1.81. The Morgan fingerprint density at radius 2 is 1.92 bits per heavy atom. The topological polar surface area (TPSA) is 45.5 Å². The molecular formula is C21H28N2O2. The second-order valence-electron chi connectivity index (χ2n) is 7.67. The molecule has 0 aliphatic carbocycles. The van der Waals surface area contributed by atoms with Crippen LogP contribution in [-0.4, -0.2) is 38.7 Å². The molecule has 0 saturated carbocycles. The molecule has 1 aromatic heterocycles. The Bertz CT molecular complexity index is 756. The molecule has 4 nitrogen and oxygen atoms in total. The summed E-state index contributed by atoms with van der Waals surface area (Å²) >= 11 is 0. The van der Waals surface area contributed by atoms with Gasteiger partial charge in [0.25, 0.3) is 5.91 Å². The van der Waals surface area contributed by atoms with Crippen molar-refractivity contribution in [3.8, 4) is 0 Å². The molecular weight excluding hydrogens is 312 g/mol. The number of rotatable bonds is 4. The summed E-state index contributed by atoms with van der Waals surface area (Å²) in [4.78, 5) is 15.0. The minimum Gasteiger partial charge on any atom is -0.388 e. The summed E-state index contributed by atoms with van der Waals surface area (Å²) in [5.41, 5.74) is 3.18. The molecule has 1 atom stereocenters. The van der Waals surface area contributed by atoms with E-state index >= 15 is 0 Å². The summed E-state index contributed by atoms with van der Waals surface area (Å²) in [6.45, 7) is 9.13. The predicted molar refractivity (Wildman–Crippen MR) is 99.8 cm³/mol. The van der Waals surface area contributed by atoms with E-state index in [1.165, 1.54) is 5.56 Å². The SMILES string of the molecule is Cc1cc(C(=O)N2CCCC2C(C)(C)O)c(C)n1Cc1ccccc1. The molecule has 1 N–H and O–H groups in total. The third-order valence-electron chi connectivity index (χ3n) is 5.32. The zero-order chi connectivity index (χ0) is 18.2. The highest BCUT2D eigenvalue weighted by atomic mass is 16.3. The quantitative estimate of drug-likeness (QED) is 0.925. The number of aryl methyl sites for hydroxylation is 1. The van der Waals surface area contributed by atoms with Crippen molar-refractivity contribution in [2.75, 3.05) is 6.54 Å². The number of amides is 1. The standard InChI is InChI=1S/C21H28N2O2/c1-15-13-18(16(2)23(15)14-17-9-6-5-7-10-17)20(24)22-12-8-11-19(22)21(3,4)25/h5-7,9-10,13,19,25H,8,11-12,14H2,1-4H3. The molecule has 25 heavy (non-hydrogen) atoms. The Morgan fingerprint density at radius 3 is 2.56 bits per heavy atom. The van der Waals surface area contributed by atoms with Gasteiger partial charge in [0.2, 0.25) is 0 Å². The van der Waals surface area contributed by atoms with Crippen molar-refractivity contribution < 1.29 is 9.90 Å². The lowest BCUT2D eigenvalue weighted by Crippen LogP contribution is -2.48. The van der Waals surface area contributed by atoms with Crippen molar-refractivity contribution in [1.82, 2.24) is 9.47 Å². The van der Waals surface area contributed by atoms with E-state index in [0.29, 0.717) is 0 Å². The average Bonchev–Trinajstić information content (AvgIpc) is 3.16. The number of hydrogen-bond donors (Lipinski definition) is 1. The zero-order valence-corrected chi connectivity index (χ0v) is 15.6. The van der Waals surface area contributed by atoms with Gasteiger partial charge in [-0.25, -0.2) is 0 Å². The van der Waals surface area contributed by atoms with Gasteiger partial charge < -0.3 is 14.6 Å². The predicted octanol–water partition coefficient (Wildman–Crippen LogP) is 3.53. The Balaban J connectivity index is 1.88. The Morgan fingerprint density at radius 1 is 1.24 bits per heavy atom. The van der Waals surface area contributed by atoms with E-state index in [0.717, 1.165) is 42.9 Å². The van der Waals surface area contributed by atoms with Crippen LogP contribution in [0.5, 0.6) is 0 Å². The molecule has 134 valence electrons. The Kier molecular flexibility index (Phi) is 4.74. The summed E-state index contributed by atoms with van der Waals surface area (Å²) < 4.78 is 2.19. The van der Waals surface area contributed by atoms with Gasteiger partial charge in [0, 0.05) is 24.5 Å². The first-order valence-corrected chi connectivity index (χ1v) is 9.03. The molecule has 1 aromatic carbocycles. The fourth-order valence-corrected chi connectivity index (χ4v) is 3.93. The molecule has 1 fully saturated rings. The molecule has 1 unspecified atom stereocenters. The van der Waals surface area contributed by atoms with E-state index in [1.807, 2.05) is 43.0 Å². The molecule has 1 aliphatic rings. The molecule has 2 heterocycles. The van der Waals surface area contributed by atoms with E-state index in [9.17, 15) is 9.90 Å². The van der Waals surface area contributed by atoms with Crippen LogP contribution >= 0.6 is 0 Å². The minimum absolute atomic E-state index is 0.0389. The van der Waals surface area contributed by atoms with Gasteiger partial charge in [0.1, 0.15) is 0 Å². The highest BCUT2D eigenvalue weighted by Gasteiger charge is 2.39. The molecule has 4 heteroatoms. The largest absolute Gasteiger partial charge is 0.388 e. The van der Waals surface area contributed by atoms with Crippen molar-refractivity contribution in [1.29, 1.82) is 0 Å². The maximum atomic E-state index is 13.1. The molecule has 3 rings (SSSR count). The van der Waals surface area contributed by atoms with Crippen molar-refractivity contribution in [3.05, 3.63) is 58.9 Å². The fraction of sp³-hybridized carbons (Fsp3) is 0.476. The van der Waals surface area contributed by atoms with E-state index in [2.05, 4.69) is 16.7 Å². The smallest absolute Gasteiger partial charge is 0.256 e. The van der Waals surface area contributed by atoms with Gasteiger partial charge in [-0.1, -0.05) is 30.3 Å². The number of hydrogen-bond acceptors (Lipinski definition) is 2. The first kappa shape index (κ1) is 17.7. The van der Waals surface area contributed by atoms with Gasteiger partial charge in [-0.05, 0) is 52.2 Å². The summed E-state index contributed by atoms with van der Waals surface area (Å²) in [5, 5.41) is 10.4. The normalized spacial score (nSPS) is 18.0. The number of benzene rings is 1. The van der Waals surface area contributed by atoms with Crippen LogP contribution in [0.1, 0.15) is 54.0 Å². The van der Waals surface area contributed by atoms with Gasteiger partial charge in [0.15, 0.2) is 0 Å². The van der Waals surface area contributed by atoms with Crippen LogP contribution in [0.2, 0.25) is 0 Å². The van der Waals surface area contributed by atoms with Gasteiger partial charge in [-0.15, -0.1) is 0 Å². The first-order chi connectivity index (χ1) is 11.8. The van der Waals surface area contributed by atoms with Gasteiger partial charge >= 0.3 is 0 Å². The average molecular weight is 340 g/mol. The molecule has 0 radical (unpaired) electrons.